The maximum Gasteiger partial charge on any atom is 0.257 e. The highest BCUT2D eigenvalue weighted by Gasteiger charge is 2.31. The van der Waals surface area contributed by atoms with Gasteiger partial charge in [0, 0.05) is 26.2 Å². The topological polar surface area (TPSA) is 77.9 Å². The van der Waals surface area contributed by atoms with E-state index >= 15 is 0 Å². The van der Waals surface area contributed by atoms with Crippen molar-refractivity contribution in [2.75, 3.05) is 26.2 Å². The smallest absolute Gasteiger partial charge is 0.257 e. The number of phenolic OH excluding ortho intramolecular Hbond substituents is 1. The van der Waals surface area contributed by atoms with Gasteiger partial charge in [0.2, 0.25) is 10.0 Å². The highest BCUT2D eigenvalue weighted by molar-refractivity contribution is 7.89. The number of benzene rings is 2. The zero-order valence-electron chi connectivity index (χ0n) is 16.1. The van der Waals surface area contributed by atoms with Crippen molar-refractivity contribution in [3.05, 3.63) is 59.2 Å². The van der Waals surface area contributed by atoms with Crippen LogP contribution in [0.4, 0.5) is 8.78 Å². The third kappa shape index (κ3) is 4.25. The summed E-state index contributed by atoms with van der Waals surface area (Å²) in [5, 5.41) is 10.2. The average molecular weight is 424 g/mol. The number of carbonyl (C=O) groups excluding carboxylic acids is 1. The van der Waals surface area contributed by atoms with Crippen molar-refractivity contribution in [2.45, 2.75) is 24.7 Å². The van der Waals surface area contributed by atoms with Gasteiger partial charge in [-0.25, -0.2) is 17.2 Å². The van der Waals surface area contributed by atoms with Crippen molar-refractivity contribution in [3.8, 4) is 5.75 Å². The predicted molar refractivity (Wildman–Crippen MR) is 103 cm³/mol. The molecular weight excluding hydrogens is 402 g/mol. The number of hydrogen-bond donors (Lipinski definition) is 1. The van der Waals surface area contributed by atoms with Gasteiger partial charge in [0.25, 0.3) is 5.91 Å². The molecular formula is C20H22F2N2O4S. The number of amides is 1. The molecule has 0 unspecified atom stereocenters. The van der Waals surface area contributed by atoms with Crippen LogP contribution in [-0.4, -0.2) is 54.8 Å². The number of hydrogen-bond acceptors (Lipinski definition) is 4. The van der Waals surface area contributed by atoms with Gasteiger partial charge in [-0.2, -0.15) is 4.31 Å². The molecule has 1 aliphatic rings. The minimum absolute atomic E-state index is 0.0118. The Labute approximate surface area is 168 Å². The molecule has 1 N–H and O–H groups in total. The van der Waals surface area contributed by atoms with E-state index in [-0.39, 0.29) is 54.2 Å². The second-order valence-electron chi connectivity index (χ2n) is 7.20. The van der Waals surface area contributed by atoms with E-state index in [0.29, 0.717) is 6.07 Å². The standard InChI is InChI=1S/C20H22F2N2O4S/c1-13(2)14-3-5-16(19(25)11-14)20(26)23-7-9-24(10-8-23)29(27,28)15-4-6-17(21)18(22)12-15/h3-6,11-13,25H,7-10H2,1-2H3. The first-order valence-electron chi connectivity index (χ1n) is 9.18. The first-order valence-corrected chi connectivity index (χ1v) is 10.6. The number of halogens is 2. The molecule has 0 radical (unpaired) electrons. The Hall–Kier alpha value is -2.52. The molecule has 0 aromatic heterocycles. The molecule has 0 atom stereocenters. The second kappa shape index (κ2) is 8.08. The minimum Gasteiger partial charge on any atom is -0.507 e. The van der Waals surface area contributed by atoms with E-state index in [0.717, 1.165) is 22.0 Å². The largest absolute Gasteiger partial charge is 0.507 e. The third-order valence-corrected chi connectivity index (χ3v) is 6.87. The lowest BCUT2D eigenvalue weighted by molar-refractivity contribution is 0.0695. The molecule has 0 bridgehead atoms. The maximum atomic E-state index is 13.4. The molecule has 2 aromatic carbocycles. The van der Waals surface area contributed by atoms with E-state index in [9.17, 15) is 27.1 Å². The summed E-state index contributed by atoms with van der Waals surface area (Å²) in [6.45, 7) is 4.21. The molecule has 0 saturated carbocycles. The van der Waals surface area contributed by atoms with Gasteiger partial charge < -0.3 is 10.0 Å². The number of nitrogens with zero attached hydrogens (tertiary/aromatic N) is 2. The van der Waals surface area contributed by atoms with E-state index in [1.54, 1.807) is 18.2 Å². The minimum atomic E-state index is -4.00. The number of aromatic hydroxyl groups is 1. The molecule has 6 nitrogen and oxygen atoms in total. The molecule has 0 aliphatic carbocycles. The molecule has 1 heterocycles. The normalized spacial score (nSPS) is 15.7. The van der Waals surface area contributed by atoms with Crippen LogP contribution in [0.5, 0.6) is 5.75 Å². The fourth-order valence-corrected chi connectivity index (χ4v) is 4.61. The summed E-state index contributed by atoms with van der Waals surface area (Å²) in [5.41, 5.74) is 1.06. The monoisotopic (exact) mass is 424 g/mol. The zero-order valence-corrected chi connectivity index (χ0v) is 16.9. The first kappa shape index (κ1) is 21.2. The van der Waals surface area contributed by atoms with Crippen molar-refractivity contribution in [1.82, 2.24) is 9.21 Å². The number of rotatable bonds is 4. The van der Waals surface area contributed by atoms with Crippen LogP contribution >= 0.6 is 0 Å². The van der Waals surface area contributed by atoms with Crippen molar-refractivity contribution in [1.29, 1.82) is 0 Å². The van der Waals surface area contributed by atoms with E-state index in [4.69, 9.17) is 0 Å². The van der Waals surface area contributed by atoms with Gasteiger partial charge in [-0.3, -0.25) is 4.79 Å². The zero-order chi connectivity index (χ0) is 21.3. The fraction of sp³-hybridized carbons (Fsp3) is 0.350. The SMILES string of the molecule is CC(C)c1ccc(C(=O)N2CCN(S(=O)(=O)c3ccc(F)c(F)c3)CC2)c(O)c1. The van der Waals surface area contributed by atoms with Gasteiger partial charge in [0.1, 0.15) is 5.75 Å². The summed E-state index contributed by atoms with van der Waals surface area (Å²) in [6.07, 6.45) is 0. The molecule has 3 rings (SSSR count). The lowest BCUT2D eigenvalue weighted by atomic mass is 10.0. The molecule has 2 aromatic rings. The fourth-order valence-electron chi connectivity index (χ4n) is 3.18. The summed E-state index contributed by atoms with van der Waals surface area (Å²) in [7, 11) is -4.00. The Bertz CT molecular complexity index is 1030. The number of carbonyl (C=O) groups is 1. The third-order valence-electron chi connectivity index (χ3n) is 4.97. The lowest BCUT2D eigenvalue weighted by Crippen LogP contribution is -2.50. The van der Waals surface area contributed by atoms with E-state index in [2.05, 4.69) is 0 Å². The Morgan fingerprint density at radius 3 is 2.21 bits per heavy atom. The molecule has 1 fully saturated rings. The van der Waals surface area contributed by atoms with Crippen LogP contribution in [0.1, 0.15) is 35.7 Å². The van der Waals surface area contributed by atoms with Crippen molar-refractivity contribution < 1.29 is 27.1 Å². The van der Waals surface area contributed by atoms with Gasteiger partial charge in [0.05, 0.1) is 10.5 Å². The number of phenols is 1. The lowest BCUT2D eigenvalue weighted by Gasteiger charge is -2.34. The first-order chi connectivity index (χ1) is 13.6. The average Bonchev–Trinajstić information content (AvgIpc) is 2.69. The molecule has 0 spiro atoms. The summed E-state index contributed by atoms with van der Waals surface area (Å²) >= 11 is 0. The molecule has 29 heavy (non-hydrogen) atoms. The highest BCUT2D eigenvalue weighted by Crippen LogP contribution is 2.26. The molecule has 1 amide bonds. The van der Waals surface area contributed by atoms with Crippen LogP contribution in [-0.2, 0) is 10.0 Å². The van der Waals surface area contributed by atoms with Gasteiger partial charge >= 0.3 is 0 Å². The van der Waals surface area contributed by atoms with E-state index < -0.39 is 21.7 Å². The molecule has 156 valence electrons. The van der Waals surface area contributed by atoms with Crippen LogP contribution in [0.2, 0.25) is 0 Å². The van der Waals surface area contributed by atoms with Gasteiger partial charge in [0.15, 0.2) is 11.6 Å². The quantitative estimate of drug-likeness (QED) is 0.819. The predicted octanol–water partition coefficient (Wildman–Crippen LogP) is 2.94. The van der Waals surface area contributed by atoms with Gasteiger partial charge in [-0.15, -0.1) is 0 Å². The van der Waals surface area contributed by atoms with Crippen molar-refractivity contribution in [2.24, 2.45) is 0 Å². The van der Waals surface area contributed by atoms with Crippen molar-refractivity contribution >= 4 is 15.9 Å². The second-order valence-corrected chi connectivity index (χ2v) is 9.14. The summed E-state index contributed by atoms with van der Waals surface area (Å²) in [4.78, 5) is 13.8. The Kier molecular flexibility index (Phi) is 5.90. The van der Waals surface area contributed by atoms with Gasteiger partial charge in [-0.1, -0.05) is 19.9 Å². The molecule has 9 heteroatoms. The van der Waals surface area contributed by atoms with Crippen LogP contribution < -0.4 is 0 Å². The maximum absolute atomic E-state index is 13.4. The Balaban J connectivity index is 1.71. The molecule has 1 saturated heterocycles. The van der Waals surface area contributed by atoms with Crippen molar-refractivity contribution in [3.63, 3.8) is 0 Å². The Morgan fingerprint density at radius 2 is 1.66 bits per heavy atom. The van der Waals surface area contributed by atoms with Gasteiger partial charge in [-0.05, 0) is 41.8 Å². The van der Waals surface area contributed by atoms with E-state index in [1.165, 1.54) is 4.90 Å². The summed E-state index contributed by atoms with van der Waals surface area (Å²) in [5.74, 6) is -2.65. The Morgan fingerprint density at radius 1 is 1.00 bits per heavy atom. The number of sulfonamides is 1. The van der Waals surface area contributed by atoms with Crippen LogP contribution in [0, 0.1) is 11.6 Å². The van der Waals surface area contributed by atoms with E-state index in [1.807, 2.05) is 13.8 Å². The van der Waals surface area contributed by atoms with Crippen LogP contribution in [0.25, 0.3) is 0 Å². The van der Waals surface area contributed by atoms with Crippen LogP contribution in [0.3, 0.4) is 0 Å². The highest BCUT2D eigenvalue weighted by atomic mass is 32.2. The molecule has 1 aliphatic heterocycles. The summed E-state index contributed by atoms with van der Waals surface area (Å²) in [6, 6.07) is 7.34. The van der Waals surface area contributed by atoms with Crippen LogP contribution in [0.15, 0.2) is 41.3 Å². The number of piperazine rings is 1. The summed E-state index contributed by atoms with van der Waals surface area (Å²) < 4.78 is 52.9.